The van der Waals surface area contributed by atoms with Gasteiger partial charge in [-0.05, 0) is 6.92 Å². The Hall–Kier alpha value is -1.59. The van der Waals surface area contributed by atoms with Gasteiger partial charge < -0.3 is 5.73 Å². The van der Waals surface area contributed by atoms with Gasteiger partial charge in [-0.3, -0.25) is 15.2 Å². The molecule has 10 heavy (non-hydrogen) atoms. The number of H-pyrrole nitrogens is 1. The number of nitrogens with two attached hydrogens (primary N) is 1. The number of nitrogen functional groups attached to an aromatic ring is 1. The van der Waals surface area contributed by atoms with Crippen molar-refractivity contribution in [3.8, 4) is 0 Å². The molecule has 0 saturated carbocycles. The van der Waals surface area contributed by atoms with Crippen LogP contribution in [0.3, 0.4) is 0 Å². The molecule has 3 N–H and O–H groups in total. The van der Waals surface area contributed by atoms with E-state index in [1.807, 2.05) is 0 Å². The van der Waals surface area contributed by atoms with Crippen LogP contribution in [0.2, 0.25) is 0 Å². The van der Waals surface area contributed by atoms with Gasteiger partial charge in [-0.2, -0.15) is 5.10 Å². The van der Waals surface area contributed by atoms with Crippen molar-refractivity contribution in [2.24, 2.45) is 0 Å². The zero-order valence-corrected chi connectivity index (χ0v) is 5.29. The van der Waals surface area contributed by atoms with Crippen LogP contribution in [0.4, 0.5) is 11.5 Å². The van der Waals surface area contributed by atoms with Crippen LogP contribution in [0, 0.1) is 17.0 Å². The zero-order chi connectivity index (χ0) is 7.72. The molecule has 0 unspecified atom stereocenters. The van der Waals surface area contributed by atoms with Crippen molar-refractivity contribution in [1.29, 1.82) is 0 Å². The molecular formula is C4H6N4O2. The van der Waals surface area contributed by atoms with Gasteiger partial charge in [0.15, 0.2) is 5.82 Å². The minimum Gasteiger partial charge on any atom is -0.378 e. The first-order valence-electron chi connectivity index (χ1n) is 2.57. The van der Waals surface area contributed by atoms with Gasteiger partial charge in [-0.1, -0.05) is 0 Å². The Morgan fingerprint density at radius 3 is 2.60 bits per heavy atom. The number of nitrogens with zero attached hydrogens (tertiary/aromatic N) is 2. The van der Waals surface area contributed by atoms with Crippen LogP contribution in [-0.2, 0) is 0 Å². The summed E-state index contributed by atoms with van der Waals surface area (Å²) in [7, 11) is 0. The number of hydrogen-bond acceptors (Lipinski definition) is 4. The molecule has 0 amide bonds. The maximum Gasteiger partial charge on any atom is 0.333 e. The van der Waals surface area contributed by atoms with E-state index in [4.69, 9.17) is 5.73 Å². The molecule has 6 heteroatoms. The lowest BCUT2D eigenvalue weighted by Gasteiger charge is -1.85. The number of rotatable bonds is 1. The lowest BCUT2D eigenvalue weighted by Crippen LogP contribution is -1.93. The number of hydrogen-bond donors (Lipinski definition) is 2. The van der Waals surface area contributed by atoms with Crippen molar-refractivity contribution in [2.75, 3.05) is 5.73 Å². The van der Waals surface area contributed by atoms with Crippen molar-refractivity contribution in [2.45, 2.75) is 6.92 Å². The predicted molar refractivity (Wildman–Crippen MR) is 34.4 cm³/mol. The first-order chi connectivity index (χ1) is 4.63. The molecule has 1 aromatic heterocycles. The van der Waals surface area contributed by atoms with E-state index in [-0.39, 0.29) is 11.5 Å². The normalized spacial score (nSPS) is 9.70. The topological polar surface area (TPSA) is 97.8 Å². The molecule has 0 radical (unpaired) electrons. The lowest BCUT2D eigenvalue weighted by atomic mass is 10.4. The van der Waals surface area contributed by atoms with Crippen LogP contribution < -0.4 is 5.73 Å². The third-order valence-electron chi connectivity index (χ3n) is 1.12. The molecule has 0 atom stereocenters. The Morgan fingerprint density at radius 1 is 1.80 bits per heavy atom. The molecule has 1 heterocycles. The molecule has 6 nitrogen and oxygen atoms in total. The van der Waals surface area contributed by atoms with Gasteiger partial charge in [0, 0.05) is 0 Å². The zero-order valence-electron chi connectivity index (χ0n) is 5.29. The summed E-state index contributed by atoms with van der Waals surface area (Å²) >= 11 is 0. The predicted octanol–water partition coefficient (Wildman–Crippen LogP) is 0.209. The first-order valence-corrected chi connectivity index (χ1v) is 2.57. The molecule has 1 rings (SSSR count). The summed E-state index contributed by atoms with van der Waals surface area (Å²) in [5.41, 5.74) is 5.35. The molecule has 0 saturated heterocycles. The van der Waals surface area contributed by atoms with Gasteiger partial charge in [0.1, 0.15) is 5.69 Å². The Kier molecular flexibility index (Phi) is 1.29. The smallest absolute Gasteiger partial charge is 0.333 e. The molecule has 54 valence electrons. The highest BCUT2D eigenvalue weighted by Crippen LogP contribution is 2.20. The quantitative estimate of drug-likeness (QED) is 0.432. The molecule has 0 spiro atoms. The average Bonchev–Trinajstić information content (AvgIpc) is 2.11. The maximum absolute atomic E-state index is 10.2. The molecule has 0 bridgehead atoms. The van der Waals surface area contributed by atoms with E-state index in [1.54, 1.807) is 0 Å². The minimum atomic E-state index is -0.561. The fourth-order valence-corrected chi connectivity index (χ4v) is 0.675. The van der Waals surface area contributed by atoms with E-state index in [1.165, 1.54) is 6.92 Å². The molecule has 0 aliphatic heterocycles. The fraction of sp³-hybridized carbons (Fsp3) is 0.250. The molecule has 0 aliphatic rings. The summed E-state index contributed by atoms with van der Waals surface area (Å²) in [6.45, 7) is 1.52. The molecular weight excluding hydrogens is 136 g/mol. The van der Waals surface area contributed by atoms with Gasteiger partial charge in [0.25, 0.3) is 0 Å². The Labute approximate surface area is 56.2 Å². The number of aromatic nitrogens is 2. The number of aryl methyl sites for hydroxylation is 1. The van der Waals surface area contributed by atoms with Crippen LogP contribution in [0.15, 0.2) is 0 Å². The van der Waals surface area contributed by atoms with Crippen LogP contribution in [-0.4, -0.2) is 15.1 Å². The largest absolute Gasteiger partial charge is 0.378 e. The second-order valence-electron chi connectivity index (χ2n) is 1.83. The summed E-state index contributed by atoms with van der Waals surface area (Å²) in [6, 6.07) is 0. The third-order valence-corrected chi connectivity index (χ3v) is 1.12. The summed E-state index contributed by atoms with van der Waals surface area (Å²) in [5, 5.41) is 16.0. The van der Waals surface area contributed by atoms with Crippen LogP contribution in [0.5, 0.6) is 0 Å². The Morgan fingerprint density at radius 2 is 2.40 bits per heavy atom. The van der Waals surface area contributed by atoms with Gasteiger partial charge >= 0.3 is 5.69 Å². The van der Waals surface area contributed by atoms with E-state index in [0.717, 1.165) is 0 Å². The monoisotopic (exact) mass is 142 g/mol. The van der Waals surface area contributed by atoms with Gasteiger partial charge in [-0.15, -0.1) is 0 Å². The van der Waals surface area contributed by atoms with E-state index in [9.17, 15) is 10.1 Å². The van der Waals surface area contributed by atoms with E-state index in [0.29, 0.717) is 5.69 Å². The third kappa shape index (κ3) is 0.790. The highest BCUT2D eigenvalue weighted by Gasteiger charge is 2.17. The average molecular weight is 142 g/mol. The van der Waals surface area contributed by atoms with Gasteiger partial charge in [0.05, 0.1) is 4.92 Å². The van der Waals surface area contributed by atoms with Crippen LogP contribution >= 0.6 is 0 Å². The number of aromatic amines is 1. The van der Waals surface area contributed by atoms with Gasteiger partial charge in [0.2, 0.25) is 0 Å². The highest BCUT2D eigenvalue weighted by molar-refractivity contribution is 5.54. The van der Waals surface area contributed by atoms with Crippen molar-refractivity contribution < 1.29 is 4.92 Å². The van der Waals surface area contributed by atoms with Crippen LogP contribution in [0.25, 0.3) is 0 Å². The second kappa shape index (κ2) is 1.98. The van der Waals surface area contributed by atoms with Crippen molar-refractivity contribution in [3.05, 3.63) is 15.8 Å². The maximum atomic E-state index is 10.2. The van der Waals surface area contributed by atoms with Crippen molar-refractivity contribution >= 4 is 11.5 Å². The molecule has 0 aromatic carbocycles. The first kappa shape index (κ1) is 6.53. The van der Waals surface area contributed by atoms with Crippen molar-refractivity contribution in [1.82, 2.24) is 10.2 Å². The lowest BCUT2D eigenvalue weighted by molar-refractivity contribution is -0.384. The standard InChI is InChI=1S/C4H6N4O2/c1-2-3(8(9)10)4(5)7-6-2/h1H3,(H3,5,6,7). The summed E-state index contributed by atoms with van der Waals surface area (Å²) in [5.74, 6) is 0.00231. The van der Waals surface area contributed by atoms with E-state index < -0.39 is 4.92 Å². The highest BCUT2D eigenvalue weighted by atomic mass is 16.6. The second-order valence-corrected chi connectivity index (χ2v) is 1.83. The minimum absolute atomic E-state index is 0.00231. The summed E-state index contributed by atoms with van der Waals surface area (Å²) < 4.78 is 0. The van der Waals surface area contributed by atoms with Crippen LogP contribution in [0.1, 0.15) is 5.69 Å². The Balaban J connectivity index is 3.23. The molecule has 0 aliphatic carbocycles. The number of nitro groups is 1. The van der Waals surface area contributed by atoms with Crippen molar-refractivity contribution in [3.63, 3.8) is 0 Å². The fourth-order valence-electron chi connectivity index (χ4n) is 0.675. The van der Waals surface area contributed by atoms with E-state index >= 15 is 0 Å². The summed E-state index contributed by atoms with van der Waals surface area (Å²) in [4.78, 5) is 9.61. The molecule has 1 aromatic rings. The SMILES string of the molecule is Cc1n[nH]c(N)c1[N+](=O)[O-]. The van der Waals surface area contributed by atoms with Gasteiger partial charge in [-0.25, -0.2) is 0 Å². The Bertz CT molecular complexity index is 247. The number of nitrogens with one attached hydrogen (secondary N) is 1. The number of anilines is 1. The van der Waals surface area contributed by atoms with E-state index in [2.05, 4.69) is 10.2 Å². The molecule has 0 fully saturated rings. The summed E-state index contributed by atoms with van der Waals surface area (Å²) in [6.07, 6.45) is 0.